The van der Waals surface area contributed by atoms with Crippen LogP contribution in [0.25, 0.3) is 11.0 Å². The summed E-state index contributed by atoms with van der Waals surface area (Å²) in [5.41, 5.74) is 2.51. The van der Waals surface area contributed by atoms with E-state index in [1.165, 1.54) is 18.5 Å². The molecule has 0 saturated carbocycles. The third-order valence-corrected chi connectivity index (χ3v) is 4.44. The molecule has 0 saturated heterocycles. The van der Waals surface area contributed by atoms with Crippen molar-refractivity contribution in [1.82, 2.24) is 19.7 Å². The molecule has 0 aliphatic heterocycles. The van der Waals surface area contributed by atoms with Crippen LogP contribution in [-0.4, -0.2) is 28.2 Å². The molecule has 2 heterocycles. The summed E-state index contributed by atoms with van der Waals surface area (Å²) in [5.74, 6) is 0.691. The van der Waals surface area contributed by atoms with Gasteiger partial charge in [0.25, 0.3) is 0 Å². The van der Waals surface area contributed by atoms with E-state index in [2.05, 4.69) is 20.4 Å². The van der Waals surface area contributed by atoms with Gasteiger partial charge in [-0.3, -0.25) is 4.68 Å². The Bertz CT molecular complexity index is 963. The maximum absolute atomic E-state index is 11.2. The third kappa shape index (κ3) is 3.01. The Morgan fingerprint density at radius 2 is 1.91 bits per heavy atom. The van der Waals surface area contributed by atoms with Crippen molar-refractivity contribution in [2.45, 2.75) is 18.4 Å². The number of rotatable bonds is 4. The maximum Gasteiger partial charge on any atom is 0.238 e. The minimum absolute atomic E-state index is 0.0915. The van der Waals surface area contributed by atoms with Gasteiger partial charge in [-0.25, -0.2) is 23.5 Å². The van der Waals surface area contributed by atoms with Crippen LogP contribution in [0.4, 0.5) is 5.82 Å². The van der Waals surface area contributed by atoms with E-state index in [0.29, 0.717) is 12.4 Å². The normalized spacial score (nSPS) is 11.8. The summed E-state index contributed by atoms with van der Waals surface area (Å²) in [6.45, 7) is 2.39. The fourth-order valence-corrected chi connectivity index (χ4v) is 2.91. The van der Waals surface area contributed by atoms with E-state index in [9.17, 15) is 8.42 Å². The van der Waals surface area contributed by atoms with Crippen molar-refractivity contribution in [3.05, 3.63) is 41.9 Å². The van der Waals surface area contributed by atoms with Gasteiger partial charge in [0.2, 0.25) is 10.0 Å². The van der Waals surface area contributed by atoms with E-state index < -0.39 is 10.0 Å². The topological polar surface area (TPSA) is 116 Å². The van der Waals surface area contributed by atoms with Crippen LogP contribution in [0.2, 0.25) is 0 Å². The van der Waals surface area contributed by atoms with Gasteiger partial charge in [0.1, 0.15) is 12.1 Å². The molecule has 0 bridgehead atoms. The molecular formula is C14H16N6O2S. The lowest BCUT2D eigenvalue weighted by atomic mass is 10.2. The van der Waals surface area contributed by atoms with Crippen molar-refractivity contribution >= 4 is 26.9 Å². The first-order valence-corrected chi connectivity index (χ1v) is 8.41. The molecule has 0 aliphatic carbocycles. The van der Waals surface area contributed by atoms with Crippen LogP contribution in [0.1, 0.15) is 11.3 Å². The lowest BCUT2D eigenvalue weighted by Crippen LogP contribution is -2.12. The number of primary sulfonamides is 1. The number of aryl methyl sites for hydroxylation is 2. The molecule has 8 nitrogen and oxygen atoms in total. The van der Waals surface area contributed by atoms with Gasteiger partial charge in [-0.05, 0) is 24.6 Å². The molecule has 0 atom stereocenters. The second-order valence-corrected chi connectivity index (χ2v) is 6.73. The monoisotopic (exact) mass is 332 g/mol. The Morgan fingerprint density at radius 3 is 2.57 bits per heavy atom. The Labute approximate surface area is 133 Å². The predicted molar refractivity (Wildman–Crippen MR) is 86.2 cm³/mol. The minimum Gasteiger partial charge on any atom is -0.365 e. The summed E-state index contributed by atoms with van der Waals surface area (Å²) in [4.78, 5) is 8.58. The van der Waals surface area contributed by atoms with Crippen LogP contribution in [0.15, 0.2) is 35.5 Å². The molecule has 3 aromatic rings. The number of sulfonamides is 1. The summed E-state index contributed by atoms with van der Waals surface area (Å²) in [7, 11) is -1.84. The fourth-order valence-electron chi connectivity index (χ4n) is 2.39. The molecule has 0 aliphatic rings. The molecule has 9 heteroatoms. The zero-order valence-electron chi connectivity index (χ0n) is 12.7. The maximum atomic E-state index is 11.2. The van der Waals surface area contributed by atoms with E-state index in [4.69, 9.17) is 5.14 Å². The number of nitrogens with two attached hydrogens (primary N) is 1. The molecule has 0 radical (unpaired) electrons. The molecule has 3 rings (SSSR count). The van der Waals surface area contributed by atoms with Crippen molar-refractivity contribution in [2.24, 2.45) is 12.2 Å². The van der Waals surface area contributed by atoms with Crippen LogP contribution < -0.4 is 10.5 Å². The molecular weight excluding hydrogens is 316 g/mol. The summed E-state index contributed by atoms with van der Waals surface area (Å²) in [6.07, 6.45) is 1.48. The zero-order valence-corrected chi connectivity index (χ0v) is 13.5. The first-order chi connectivity index (χ1) is 10.9. The Kier molecular flexibility index (Phi) is 3.74. The first-order valence-electron chi connectivity index (χ1n) is 6.86. The van der Waals surface area contributed by atoms with Gasteiger partial charge < -0.3 is 5.32 Å². The highest BCUT2D eigenvalue weighted by Gasteiger charge is 2.12. The standard InChI is InChI=1S/C14H16N6O2S/c1-9-12-13(17-8-18-14(12)20(2)19-9)16-7-10-3-5-11(6-4-10)23(15,21)22/h3-6,8H,7H2,1-2H3,(H2,15,21,22)(H,16,17,18). The van der Waals surface area contributed by atoms with Gasteiger partial charge in [-0.15, -0.1) is 0 Å². The molecule has 0 spiro atoms. The van der Waals surface area contributed by atoms with E-state index in [1.54, 1.807) is 16.8 Å². The molecule has 120 valence electrons. The quantitative estimate of drug-likeness (QED) is 0.734. The van der Waals surface area contributed by atoms with E-state index in [1.807, 2.05) is 14.0 Å². The number of fused-ring (bicyclic) bond motifs is 1. The largest absolute Gasteiger partial charge is 0.365 e. The lowest BCUT2D eigenvalue weighted by molar-refractivity contribution is 0.598. The van der Waals surface area contributed by atoms with Gasteiger partial charge in [0, 0.05) is 13.6 Å². The summed E-state index contributed by atoms with van der Waals surface area (Å²) >= 11 is 0. The predicted octanol–water partition coefficient (Wildman–Crippen LogP) is 0.931. The van der Waals surface area contributed by atoms with Crippen molar-refractivity contribution in [1.29, 1.82) is 0 Å². The highest BCUT2D eigenvalue weighted by molar-refractivity contribution is 7.89. The van der Waals surface area contributed by atoms with Crippen LogP contribution in [0.5, 0.6) is 0 Å². The average Bonchev–Trinajstić information content (AvgIpc) is 2.80. The van der Waals surface area contributed by atoms with E-state index >= 15 is 0 Å². The smallest absolute Gasteiger partial charge is 0.238 e. The number of hydrogen-bond donors (Lipinski definition) is 2. The van der Waals surface area contributed by atoms with Gasteiger partial charge in [-0.1, -0.05) is 12.1 Å². The van der Waals surface area contributed by atoms with E-state index in [0.717, 1.165) is 22.3 Å². The van der Waals surface area contributed by atoms with Crippen LogP contribution in [-0.2, 0) is 23.6 Å². The van der Waals surface area contributed by atoms with Gasteiger partial charge in [0.05, 0.1) is 16.0 Å². The van der Waals surface area contributed by atoms with Crippen LogP contribution in [0.3, 0.4) is 0 Å². The van der Waals surface area contributed by atoms with E-state index in [-0.39, 0.29) is 4.90 Å². The summed E-state index contributed by atoms with van der Waals surface area (Å²) < 4.78 is 24.2. The highest BCUT2D eigenvalue weighted by atomic mass is 32.2. The SMILES string of the molecule is Cc1nn(C)c2ncnc(NCc3ccc(S(N)(=O)=O)cc3)c12. The Balaban J connectivity index is 1.84. The van der Waals surface area contributed by atoms with Crippen LogP contribution >= 0.6 is 0 Å². The molecule has 0 fully saturated rings. The Morgan fingerprint density at radius 1 is 1.22 bits per heavy atom. The second-order valence-electron chi connectivity index (χ2n) is 5.17. The van der Waals surface area contributed by atoms with Crippen molar-refractivity contribution in [3.63, 3.8) is 0 Å². The van der Waals surface area contributed by atoms with Gasteiger partial charge in [0.15, 0.2) is 5.65 Å². The number of benzene rings is 1. The minimum atomic E-state index is -3.67. The van der Waals surface area contributed by atoms with Gasteiger partial charge >= 0.3 is 0 Å². The first kappa shape index (κ1) is 15.4. The van der Waals surface area contributed by atoms with Crippen molar-refractivity contribution < 1.29 is 8.42 Å². The average molecular weight is 332 g/mol. The number of aromatic nitrogens is 4. The fraction of sp³-hybridized carbons (Fsp3) is 0.214. The number of hydrogen-bond acceptors (Lipinski definition) is 6. The molecule has 0 amide bonds. The number of anilines is 1. The number of nitrogens with one attached hydrogen (secondary N) is 1. The van der Waals surface area contributed by atoms with Crippen molar-refractivity contribution in [3.8, 4) is 0 Å². The molecule has 2 aromatic heterocycles. The molecule has 23 heavy (non-hydrogen) atoms. The third-order valence-electron chi connectivity index (χ3n) is 3.51. The molecule has 0 unspecified atom stereocenters. The molecule has 1 aromatic carbocycles. The van der Waals surface area contributed by atoms with Gasteiger partial charge in [-0.2, -0.15) is 5.10 Å². The second kappa shape index (κ2) is 5.60. The lowest BCUT2D eigenvalue weighted by Gasteiger charge is -2.07. The highest BCUT2D eigenvalue weighted by Crippen LogP contribution is 2.22. The van der Waals surface area contributed by atoms with Crippen molar-refractivity contribution in [2.75, 3.05) is 5.32 Å². The summed E-state index contributed by atoms with van der Waals surface area (Å²) in [6, 6.07) is 6.39. The number of nitrogens with zero attached hydrogens (tertiary/aromatic N) is 4. The zero-order chi connectivity index (χ0) is 16.6. The summed E-state index contributed by atoms with van der Waals surface area (Å²) in [5, 5.41) is 13.5. The Hall–Kier alpha value is -2.52. The van der Waals surface area contributed by atoms with Crippen LogP contribution in [0, 0.1) is 6.92 Å². The molecule has 3 N–H and O–H groups in total.